The summed E-state index contributed by atoms with van der Waals surface area (Å²) in [6.07, 6.45) is 0.635. The molecular weight excluding hydrogens is 214 g/mol. The maximum atomic E-state index is 11.6. The maximum Gasteiger partial charge on any atom is 0.338 e. The summed E-state index contributed by atoms with van der Waals surface area (Å²) in [7, 11) is 1.83. The normalized spacial score (nSPS) is 19.6. The number of carbonyl (C=O) groups excluding carboxylic acids is 1. The summed E-state index contributed by atoms with van der Waals surface area (Å²) in [6, 6.07) is 5.26. The quantitative estimate of drug-likeness (QED) is 0.778. The minimum atomic E-state index is -0.256. The molecule has 0 amide bonds. The van der Waals surface area contributed by atoms with Gasteiger partial charge >= 0.3 is 5.97 Å². The van der Waals surface area contributed by atoms with Gasteiger partial charge in [-0.15, -0.1) is 0 Å². The van der Waals surface area contributed by atoms with Gasteiger partial charge in [0.2, 0.25) is 0 Å². The second kappa shape index (κ2) is 4.21. The van der Waals surface area contributed by atoms with E-state index in [9.17, 15) is 4.79 Å². The maximum absolute atomic E-state index is 11.6. The van der Waals surface area contributed by atoms with Gasteiger partial charge in [-0.05, 0) is 30.8 Å². The monoisotopic (exact) mass is 225 g/mol. The second-order valence-corrected chi connectivity index (χ2v) is 4.03. The zero-order valence-electron chi connectivity index (χ0n) is 8.42. The first-order valence-electron chi connectivity index (χ1n) is 4.84. The van der Waals surface area contributed by atoms with E-state index in [0.717, 1.165) is 12.0 Å². The van der Waals surface area contributed by atoms with Crippen LogP contribution >= 0.6 is 11.6 Å². The Bertz CT molecular complexity index is 392. The highest BCUT2D eigenvalue weighted by atomic mass is 35.5. The van der Waals surface area contributed by atoms with Crippen LogP contribution < -0.4 is 5.32 Å². The molecule has 0 saturated carbocycles. The van der Waals surface area contributed by atoms with Crippen molar-refractivity contribution in [3.63, 3.8) is 0 Å². The summed E-state index contributed by atoms with van der Waals surface area (Å²) >= 11 is 5.88. The number of cyclic esters (lactones) is 1. The number of carbonyl (C=O) groups is 1. The highest BCUT2D eigenvalue weighted by Crippen LogP contribution is 2.23. The average Bonchev–Trinajstić information content (AvgIpc) is 2.17. The van der Waals surface area contributed by atoms with Gasteiger partial charge in [0.25, 0.3) is 0 Å². The fourth-order valence-electron chi connectivity index (χ4n) is 1.77. The lowest BCUT2D eigenvalue weighted by Gasteiger charge is -2.24. The molecule has 0 bridgehead atoms. The van der Waals surface area contributed by atoms with Crippen molar-refractivity contribution in [1.82, 2.24) is 5.32 Å². The van der Waals surface area contributed by atoms with Crippen molar-refractivity contribution < 1.29 is 9.53 Å². The van der Waals surface area contributed by atoms with E-state index in [1.165, 1.54) is 0 Å². The Hall–Kier alpha value is -1.06. The summed E-state index contributed by atoms with van der Waals surface area (Å²) < 4.78 is 5.25. The number of hydrogen-bond acceptors (Lipinski definition) is 3. The molecule has 1 aliphatic heterocycles. The van der Waals surface area contributed by atoms with Crippen molar-refractivity contribution in [3.8, 4) is 0 Å². The largest absolute Gasteiger partial charge is 0.457 e. The van der Waals surface area contributed by atoms with Gasteiger partial charge in [0.15, 0.2) is 0 Å². The fraction of sp³-hybridized carbons (Fsp3) is 0.364. The van der Waals surface area contributed by atoms with Gasteiger partial charge in [-0.3, -0.25) is 0 Å². The molecular formula is C11H12ClNO2. The minimum Gasteiger partial charge on any atom is -0.457 e. The van der Waals surface area contributed by atoms with Crippen LogP contribution in [0, 0.1) is 0 Å². The van der Waals surface area contributed by atoms with Crippen molar-refractivity contribution in [2.75, 3.05) is 13.6 Å². The minimum absolute atomic E-state index is 0.0894. The number of benzene rings is 1. The van der Waals surface area contributed by atoms with Crippen LogP contribution in [0.5, 0.6) is 0 Å². The van der Waals surface area contributed by atoms with Crippen molar-refractivity contribution in [1.29, 1.82) is 0 Å². The van der Waals surface area contributed by atoms with E-state index < -0.39 is 0 Å². The summed E-state index contributed by atoms with van der Waals surface area (Å²) in [5.74, 6) is -0.256. The highest BCUT2D eigenvalue weighted by molar-refractivity contribution is 6.30. The zero-order chi connectivity index (χ0) is 10.8. The van der Waals surface area contributed by atoms with Crippen molar-refractivity contribution in [2.24, 2.45) is 0 Å². The first-order chi connectivity index (χ1) is 7.20. The lowest BCUT2D eigenvalue weighted by Crippen LogP contribution is -2.35. The average molecular weight is 226 g/mol. The Morgan fingerprint density at radius 2 is 2.40 bits per heavy atom. The number of nitrogens with one attached hydrogen (secondary N) is 1. The van der Waals surface area contributed by atoms with Gasteiger partial charge in [0.1, 0.15) is 6.10 Å². The van der Waals surface area contributed by atoms with Crippen LogP contribution in [0.2, 0.25) is 5.02 Å². The van der Waals surface area contributed by atoms with Crippen LogP contribution in [-0.4, -0.2) is 25.7 Å². The number of likely N-dealkylation sites (N-methyl/N-ethyl adjacent to an activating group) is 1. The van der Waals surface area contributed by atoms with Crippen molar-refractivity contribution in [3.05, 3.63) is 34.3 Å². The van der Waals surface area contributed by atoms with Gasteiger partial charge in [-0.1, -0.05) is 11.6 Å². The molecule has 1 heterocycles. The predicted octanol–water partition coefficient (Wildman–Crippen LogP) is 1.64. The standard InChI is InChI=1S/C11H12ClNO2/c1-13-6-9-5-7-4-8(12)2-3-10(7)11(14)15-9/h2-4,9,13H,5-6H2,1H3. The summed E-state index contributed by atoms with van der Waals surface area (Å²) in [4.78, 5) is 11.6. The predicted molar refractivity (Wildman–Crippen MR) is 58.3 cm³/mol. The Kier molecular flexibility index (Phi) is 2.93. The van der Waals surface area contributed by atoms with Crippen LogP contribution in [0.25, 0.3) is 0 Å². The van der Waals surface area contributed by atoms with Crippen molar-refractivity contribution in [2.45, 2.75) is 12.5 Å². The fourth-order valence-corrected chi connectivity index (χ4v) is 1.97. The number of hydrogen-bond donors (Lipinski definition) is 1. The summed E-state index contributed by atoms with van der Waals surface area (Å²) in [5, 5.41) is 3.65. The molecule has 2 rings (SSSR count). The van der Waals surface area contributed by atoms with Crippen LogP contribution in [0.15, 0.2) is 18.2 Å². The molecule has 1 aromatic carbocycles. The lowest BCUT2D eigenvalue weighted by atomic mass is 9.99. The molecule has 0 radical (unpaired) electrons. The topological polar surface area (TPSA) is 38.3 Å². The zero-order valence-corrected chi connectivity index (χ0v) is 9.17. The molecule has 80 valence electrons. The Labute approximate surface area is 93.4 Å². The van der Waals surface area contributed by atoms with E-state index in [0.29, 0.717) is 17.1 Å². The Morgan fingerprint density at radius 1 is 1.60 bits per heavy atom. The third-order valence-corrected chi connectivity index (χ3v) is 2.68. The molecule has 1 N–H and O–H groups in total. The molecule has 0 aliphatic carbocycles. The third kappa shape index (κ3) is 2.13. The van der Waals surface area contributed by atoms with E-state index in [2.05, 4.69) is 5.32 Å². The molecule has 3 nitrogen and oxygen atoms in total. The number of fused-ring (bicyclic) bond motifs is 1. The highest BCUT2D eigenvalue weighted by Gasteiger charge is 2.25. The molecule has 15 heavy (non-hydrogen) atoms. The molecule has 4 heteroatoms. The number of rotatable bonds is 2. The molecule has 0 saturated heterocycles. The van der Waals surface area contributed by atoms with Crippen LogP contribution in [0.1, 0.15) is 15.9 Å². The second-order valence-electron chi connectivity index (χ2n) is 3.59. The molecule has 1 aromatic rings. The SMILES string of the molecule is CNCC1Cc2cc(Cl)ccc2C(=O)O1. The van der Waals surface area contributed by atoms with E-state index >= 15 is 0 Å². The van der Waals surface area contributed by atoms with Crippen LogP contribution in [0.3, 0.4) is 0 Å². The molecule has 1 atom stereocenters. The van der Waals surface area contributed by atoms with Gasteiger partial charge in [0, 0.05) is 18.0 Å². The van der Waals surface area contributed by atoms with Crippen LogP contribution in [-0.2, 0) is 11.2 Å². The smallest absolute Gasteiger partial charge is 0.338 e. The van der Waals surface area contributed by atoms with Gasteiger partial charge in [-0.25, -0.2) is 4.79 Å². The van der Waals surface area contributed by atoms with Gasteiger partial charge < -0.3 is 10.1 Å². The summed E-state index contributed by atoms with van der Waals surface area (Å²) in [6.45, 7) is 0.664. The number of ether oxygens (including phenoxy) is 1. The van der Waals surface area contributed by atoms with E-state index in [4.69, 9.17) is 16.3 Å². The molecule has 1 aliphatic rings. The van der Waals surface area contributed by atoms with E-state index in [1.807, 2.05) is 13.1 Å². The van der Waals surface area contributed by atoms with Gasteiger partial charge in [-0.2, -0.15) is 0 Å². The van der Waals surface area contributed by atoms with Crippen molar-refractivity contribution >= 4 is 17.6 Å². The van der Waals surface area contributed by atoms with Gasteiger partial charge in [0.05, 0.1) is 5.56 Å². The first-order valence-corrected chi connectivity index (χ1v) is 5.22. The first kappa shape index (κ1) is 10.5. The number of halogens is 1. The Balaban J connectivity index is 2.29. The summed E-state index contributed by atoms with van der Waals surface area (Å²) in [5.41, 5.74) is 1.60. The van der Waals surface area contributed by atoms with E-state index in [-0.39, 0.29) is 12.1 Å². The van der Waals surface area contributed by atoms with E-state index in [1.54, 1.807) is 12.1 Å². The number of esters is 1. The Morgan fingerprint density at radius 3 is 3.13 bits per heavy atom. The molecule has 0 fully saturated rings. The molecule has 1 unspecified atom stereocenters. The molecule has 0 spiro atoms. The lowest BCUT2D eigenvalue weighted by molar-refractivity contribution is 0.0264. The molecule has 0 aromatic heterocycles. The van der Waals surface area contributed by atoms with Crippen LogP contribution in [0.4, 0.5) is 0 Å². The third-order valence-electron chi connectivity index (χ3n) is 2.44.